The van der Waals surface area contributed by atoms with Crippen molar-refractivity contribution < 1.29 is 9.84 Å². The van der Waals surface area contributed by atoms with Crippen LogP contribution in [0.1, 0.15) is 90.4 Å². The Kier molecular flexibility index (Phi) is 6.83. The molecule has 1 unspecified atom stereocenters. The van der Waals surface area contributed by atoms with Gasteiger partial charge in [-0.05, 0) is 43.9 Å². The Balaban J connectivity index is 1.93. The van der Waals surface area contributed by atoms with Gasteiger partial charge in [-0.25, -0.2) is 0 Å². The SMILES string of the molecule is CCC(CCC1CCCCC1)(OCO)C1CCCCC1. The van der Waals surface area contributed by atoms with Crippen molar-refractivity contribution in [3.63, 3.8) is 0 Å². The predicted molar refractivity (Wildman–Crippen MR) is 83.6 cm³/mol. The van der Waals surface area contributed by atoms with Crippen molar-refractivity contribution in [1.29, 1.82) is 0 Å². The first-order valence-corrected chi connectivity index (χ1v) is 9.05. The quantitative estimate of drug-likeness (QED) is 0.663. The average Bonchev–Trinajstić information content (AvgIpc) is 2.53. The van der Waals surface area contributed by atoms with Gasteiger partial charge >= 0.3 is 0 Å². The molecule has 0 aromatic heterocycles. The van der Waals surface area contributed by atoms with Crippen LogP contribution in [0.5, 0.6) is 0 Å². The number of rotatable bonds is 7. The second kappa shape index (κ2) is 8.38. The molecule has 2 aliphatic carbocycles. The highest BCUT2D eigenvalue weighted by atomic mass is 16.6. The molecule has 2 heteroatoms. The first kappa shape index (κ1) is 16.3. The fourth-order valence-corrected chi connectivity index (χ4v) is 4.64. The van der Waals surface area contributed by atoms with Gasteiger partial charge in [-0.3, -0.25) is 0 Å². The molecule has 0 radical (unpaired) electrons. The molecule has 1 atom stereocenters. The van der Waals surface area contributed by atoms with Gasteiger partial charge in [-0.1, -0.05) is 58.3 Å². The summed E-state index contributed by atoms with van der Waals surface area (Å²) in [7, 11) is 0. The molecular weight excluding hydrogens is 248 g/mol. The van der Waals surface area contributed by atoms with Crippen molar-refractivity contribution in [2.24, 2.45) is 11.8 Å². The average molecular weight is 282 g/mol. The van der Waals surface area contributed by atoms with E-state index in [1.165, 1.54) is 77.0 Å². The van der Waals surface area contributed by atoms with Crippen molar-refractivity contribution >= 4 is 0 Å². The maximum atomic E-state index is 9.38. The molecule has 2 aliphatic rings. The molecule has 0 heterocycles. The minimum Gasteiger partial charge on any atom is -0.371 e. The van der Waals surface area contributed by atoms with Crippen molar-refractivity contribution in [1.82, 2.24) is 0 Å². The summed E-state index contributed by atoms with van der Waals surface area (Å²) in [5.41, 5.74) is -0.0351. The van der Waals surface area contributed by atoms with Crippen molar-refractivity contribution in [2.45, 2.75) is 96.0 Å². The summed E-state index contributed by atoms with van der Waals surface area (Å²) in [4.78, 5) is 0. The van der Waals surface area contributed by atoms with E-state index >= 15 is 0 Å². The zero-order valence-corrected chi connectivity index (χ0v) is 13.4. The van der Waals surface area contributed by atoms with Gasteiger partial charge in [0.2, 0.25) is 0 Å². The summed E-state index contributed by atoms with van der Waals surface area (Å²) in [6.07, 6.45) is 17.4. The van der Waals surface area contributed by atoms with Gasteiger partial charge in [0.05, 0.1) is 5.60 Å². The van der Waals surface area contributed by atoms with Crippen LogP contribution in [0, 0.1) is 11.8 Å². The van der Waals surface area contributed by atoms with Crippen LogP contribution < -0.4 is 0 Å². The molecule has 118 valence electrons. The van der Waals surface area contributed by atoms with E-state index in [4.69, 9.17) is 4.74 Å². The second-order valence-corrected chi connectivity index (χ2v) is 7.07. The Morgan fingerprint density at radius 3 is 2.10 bits per heavy atom. The molecular formula is C18H34O2. The van der Waals surface area contributed by atoms with Crippen molar-refractivity contribution in [3.8, 4) is 0 Å². The first-order chi connectivity index (χ1) is 9.80. The maximum absolute atomic E-state index is 9.38. The minimum absolute atomic E-state index is 0.0351. The second-order valence-electron chi connectivity index (χ2n) is 7.07. The van der Waals surface area contributed by atoms with Gasteiger partial charge in [0, 0.05) is 0 Å². The molecule has 0 bridgehead atoms. The van der Waals surface area contributed by atoms with E-state index in [9.17, 15) is 5.11 Å². The van der Waals surface area contributed by atoms with E-state index in [1.807, 2.05) is 0 Å². The third-order valence-electron chi connectivity index (χ3n) is 6.00. The van der Waals surface area contributed by atoms with E-state index in [2.05, 4.69) is 6.92 Å². The van der Waals surface area contributed by atoms with Gasteiger partial charge in [-0.15, -0.1) is 0 Å². The number of ether oxygens (including phenoxy) is 1. The lowest BCUT2D eigenvalue weighted by Crippen LogP contribution is -2.42. The normalized spacial score (nSPS) is 25.5. The lowest BCUT2D eigenvalue weighted by atomic mass is 9.71. The molecule has 1 N–H and O–H groups in total. The topological polar surface area (TPSA) is 29.5 Å². The zero-order chi connectivity index (χ0) is 14.3. The van der Waals surface area contributed by atoms with Crippen molar-refractivity contribution in [3.05, 3.63) is 0 Å². The largest absolute Gasteiger partial charge is 0.371 e. The summed E-state index contributed by atoms with van der Waals surface area (Å²) in [6, 6.07) is 0. The highest BCUT2D eigenvalue weighted by Gasteiger charge is 2.38. The van der Waals surface area contributed by atoms with Gasteiger partial charge in [0.15, 0.2) is 0 Å². The van der Waals surface area contributed by atoms with E-state index in [-0.39, 0.29) is 12.4 Å². The van der Waals surface area contributed by atoms with E-state index in [0.29, 0.717) is 5.92 Å². The van der Waals surface area contributed by atoms with Crippen LogP contribution in [0.25, 0.3) is 0 Å². The highest BCUT2D eigenvalue weighted by Crippen LogP contribution is 2.42. The van der Waals surface area contributed by atoms with Gasteiger partial charge < -0.3 is 9.84 Å². The van der Waals surface area contributed by atoms with E-state index < -0.39 is 0 Å². The molecule has 0 aromatic rings. The molecule has 0 amide bonds. The lowest BCUT2D eigenvalue weighted by Gasteiger charge is -2.42. The van der Waals surface area contributed by atoms with Crippen LogP contribution in [0.3, 0.4) is 0 Å². The Hall–Kier alpha value is -0.0800. The fraction of sp³-hybridized carbons (Fsp3) is 1.00. The fourth-order valence-electron chi connectivity index (χ4n) is 4.64. The Labute approximate surface area is 125 Å². The summed E-state index contributed by atoms with van der Waals surface area (Å²) in [6.45, 7) is 2.15. The number of aliphatic hydroxyl groups is 1. The minimum atomic E-state index is -0.102. The molecule has 0 aliphatic heterocycles. The number of hydrogen-bond acceptors (Lipinski definition) is 2. The molecule has 0 saturated heterocycles. The van der Waals surface area contributed by atoms with Crippen LogP contribution in [0.15, 0.2) is 0 Å². The molecule has 2 fully saturated rings. The summed E-state index contributed by atoms with van der Waals surface area (Å²) < 4.78 is 5.96. The van der Waals surface area contributed by atoms with Gasteiger partial charge in [0.1, 0.15) is 6.79 Å². The van der Waals surface area contributed by atoms with Crippen LogP contribution in [-0.4, -0.2) is 17.5 Å². The zero-order valence-electron chi connectivity index (χ0n) is 13.4. The number of aliphatic hydroxyl groups excluding tert-OH is 1. The molecule has 2 saturated carbocycles. The highest BCUT2D eigenvalue weighted by molar-refractivity contribution is 4.89. The third kappa shape index (κ3) is 4.21. The van der Waals surface area contributed by atoms with Crippen molar-refractivity contribution in [2.75, 3.05) is 6.79 Å². The van der Waals surface area contributed by atoms with Crippen LogP contribution >= 0.6 is 0 Å². The van der Waals surface area contributed by atoms with Gasteiger partial charge in [0.25, 0.3) is 0 Å². The van der Waals surface area contributed by atoms with Gasteiger partial charge in [-0.2, -0.15) is 0 Å². The Morgan fingerprint density at radius 1 is 0.950 bits per heavy atom. The number of hydrogen-bond donors (Lipinski definition) is 1. The Morgan fingerprint density at radius 2 is 1.55 bits per heavy atom. The van der Waals surface area contributed by atoms with Crippen LogP contribution in [-0.2, 0) is 4.74 Å². The molecule has 0 aromatic carbocycles. The van der Waals surface area contributed by atoms with E-state index in [1.54, 1.807) is 0 Å². The summed E-state index contributed by atoms with van der Waals surface area (Å²) >= 11 is 0. The predicted octanol–water partition coefficient (Wildman–Crippen LogP) is 5.04. The summed E-state index contributed by atoms with van der Waals surface area (Å²) in [5.74, 6) is 1.59. The first-order valence-electron chi connectivity index (χ1n) is 9.05. The molecule has 2 nitrogen and oxygen atoms in total. The molecule has 20 heavy (non-hydrogen) atoms. The standard InChI is InChI=1S/C18H34O2/c1-2-18(20-15-19,17-11-7-4-8-12-17)14-13-16-9-5-3-6-10-16/h16-17,19H,2-15H2,1H3. The molecule has 0 spiro atoms. The van der Waals surface area contributed by atoms with Crippen LogP contribution in [0.4, 0.5) is 0 Å². The smallest absolute Gasteiger partial charge is 0.144 e. The van der Waals surface area contributed by atoms with E-state index in [0.717, 1.165) is 12.3 Å². The maximum Gasteiger partial charge on any atom is 0.144 e. The van der Waals surface area contributed by atoms with Crippen LogP contribution in [0.2, 0.25) is 0 Å². The monoisotopic (exact) mass is 282 g/mol. The lowest BCUT2D eigenvalue weighted by molar-refractivity contribution is -0.159. The third-order valence-corrected chi connectivity index (χ3v) is 6.00. The summed E-state index contributed by atoms with van der Waals surface area (Å²) in [5, 5.41) is 9.38. The molecule has 2 rings (SSSR count). The Bertz CT molecular complexity index is 254.